The zero-order valence-electron chi connectivity index (χ0n) is 14.9. The molecule has 0 spiro atoms. The van der Waals surface area contributed by atoms with Crippen LogP contribution in [0.4, 0.5) is 0 Å². The van der Waals surface area contributed by atoms with E-state index in [9.17, 15) is 14.4 Å². The average Bonchev–Trinajstić information content (AvgIpc) is 2.83. The summed E-state index contributed by atoms with van der Waals surface area (Å²) in [6.45, 7) is 7.78. The van der Waals surface area contributed by atoms with Crippen molar-refractivity contribution in [2.24, 2.45) is 11.8 Å². The number of hydrogen-bond donors (Lipinski definition) is 0. The third kappa shape index (κ3) is 4.53. The molecule has 2 aliphatic rings. The normalized spacial score (nSPS) is 30.9. The highest BCUT2D eigenvalue weighted by Crippen LogP contribution is 2.31. The first-order chi connectivity index (χ1) is 11.3. The fourth-order valence-electron chi connectivity index (χ4n) is 3.16. The molecule has 0 unspecified atom stereocenters. The Balaban J connectivity index is 2.35. The molecule has 0 aromatic rings. The third-order valence-electron chi connectivity index (χ3n) is 4.77. The van der Waals surface area contributed by atoms with Crippen molar-refractivity contribution in [1.82, 2.24) is 0 Å². The summed E-state index contributed by atoms with van der Waals surface area (Å²) in [5.74, 6) is -0.286. The van der Waals surface area contributed by atoms with E-state index in [0.29, 0.717) is 12.0 Å². The predicted octanol–water partition coefficient (Wildman–Crippen LogP) is 3.72. The van der Waals surface area contributed by atoms with Crippen LogP contribution in [0.2, 0.25) is 0 Å². The Morgan fingerprint density at radius 3 is 2.54 bits per heavy atom. The van der Waals surface area contributed by atoms with Crippen LogP contribution >= 0.6 is 0 Å². The molecule has 0 radical (unpaired) electrons. The summed E-state index contributed by atoms with van der Waals surface area (Å²) in [6.07, 6.45) is 6.74. The van der Waals surface area contributed by atoms with Gasteiger partial charge >= 0.3 is 5.97 Å². The number of Topliss-reactive ketones (excluding diaryl/α,β-unsaturated/α-hetero) is 1. The van der Waals surface area contributed by atoms with Crippen LogP contribution in [0.3, 0.4) is 0 Å². The van der Waals surface area contributed by atoms with Crippen LogP contribution in [0, 0.1) is 11.8 Å². The molecule has 0 aromatic heterocycles. The van der Waals surface area contributed by atoms with Gasteiger partial charge in [-0.15, -0.1) is 0 Å². The Hall–Kier alpha value is -1.97. The molecule has 4 nitrogen and oxygen atoms in total. The topological polar surface area (TPSA) is 60.4 Å². The first-order valence-corrected chi connectivity index (χ1v) is 8.59. The second kappa shape index (κ2) is 7.73. The zero-order valence-corrected chi connectivity index (χ0v) is 14.9. The Kier molecular flexibility index (Phi) is 5.92. The van der Waals surface area contributed by atoms with Gasteiger partial charge in [-0.3, -0.25) is 9.59 Å². The van der Waals surface area contributed by atoms with Crippen LogP contribution in [-0.2, 0) is 19.1 Å². The summed E-state index contributed by atoms with van der Waals surface area (Å²) in [7, 11) is 0. The molecule has 24 heavy (non-hydrogen) atoms. The number of carbonyl (C=O) groups is 3. The number of ketones is 2. The van der Waals surface area contributed by atoms with Crippen molar-refractivity contribution >= 4 is 17.5 Å². The monoisotopic (exact) mass is 330 g/mol. The predicted molar refractivity (Wildman–Crippen MR) is 92.3 cm³/mol. The van der Waals surface area contributed by atoms with Crippen LogP contribution in [0.25, 0.3) is 0 Å². The molecule has 4 heteroatoms. The van der Waals surface area contributed by atoms with E-state index in [0.717, 1.165) is 24.0 Å². The molecule has 2 bridgehead atoms. The summed E-state index contributed by atoms with van der Waals surface area (Å²) in [5.41, 5.74) is 2.11. The Morgan fingerprint density at radius 1 is 1.17 bits per heavy atom. The van der Waals surface area contributed by atoms with E-state index < -0.39 is 12.1 Å². The van der Waals surface area contributed by atoms with Gasteiger partial charge in [-0.05, 0) is 50.3 Å². The summed E-state index contributed by atoms with van der Waals surface area (Å²) in [4.78, 5) is 36.7. The summed E-state index contributed by atoms with van der Waals surface area (Å²) >= 11 is 0. The fraction of sp³-hybridized carbons (Fsp3) is 0.550. The first kappa shape index (κ1) is 18.4. The molecule has 0 fully saturated rings. The van der Waals surface area contributed by atoms with E-state index in [-0.39, 0.29) is 29.8 Å². The molecule has 2 atom stereocenters. The molecule has 0 N–H and O–H groups in total. The van der Waals surface area contributed by atoms with Crippen molar-refractivity contribution in [2.45, 2.75) is 59.5 Å². The van der Waals surface area contributed by atoms with Crippen LogP contribution in [0.15, 0.2) is 34.9 Å². The largest absolute Gasteiger partial charge is 0.454 e. The van der Waals surface area contributed by atoms with Gasteiger partial charge in [0.2, 0.25) is 0 Å². The van der Waals surface area contributed by atoms with Crippen LogP contribution in [0.1, 0.15) is 53.4 Å². The number of carbonyl (C=O) groups excluding carboxylic acids is 3. The van der Waals surface area contributed by atoms with Gasteiger partial charge in [-0.1, -0.05) is 25.5 Å². The molecular formula is C20H26O4. The zero-order chi connectivity index (χ0) is 17.9. The Bertz CT molecular complexity index is 634. The highest BCUT2D eigenvalue weighted by Gasteiger charge is 2.35. The maximum atomic E-state index is 12.5. The standard InChI is InChI=1S/C20H26O4/c1-12(2)17-11-18(22)14(4)7-5-6-13(3)8-16(21)9-15-10-19(17)24-20(15)23/h7-8,10,12,17,19H,5-6,9,11H2,1-4H3/b13-8-,14-7-/t17-,19-/m1/s1. The summed E-state index contributed by atoms with van der Waals surface area (Å²) in [5, 5.41) is 0. The first-order valence-electron chi connectivity index (χ1n) is 8.59. The highest BCUT2D eigenvalue weighted by molar-refractivity contribution is 6.01. The van der Waals surface area contributed by atoms with Crippen LogP contribution < -0.4 is 0 Å². The van der Waals surface area contributed by atoms with Crippen molar-refractivity contribution in [3.63, 3.8) is 0 Å². The molecule has 130 valence electrons. The van der Waals surface area contributed by atoms with Crippen LogP contribution in [-0.4, -0.2) is 23.6 Å². The maximum absolute atomic E-state index is 12.5. The Labute approximate surface area is 143 Å². The number of allylic oxidation sites excluding steroid dienone is 4. The average molecular weight is 330 g/mol. The number of rotatable bonds is 1. The van der Waals surface area contributed by atoms with Gasteiger partial charge in [-0.25, -0.2) is 4.79 Å². The minimum absolute atomic E-state index is 0.0697. The van der Waals surface area contributed by atoms with Gasteiger partial charge in [0.15, 0.2) is 11.6 Å². The van der Waals surface area contributed by atoms with Crippen molar-refractivity contribution in [3.8, 4) is 0 Å². The molecule has 2 rings (SSSR count). The fourth-order valence-corrected chi connectivity index (χ4v) is 3.16. The number of esters is 1. The van der Waals surface area contributed by atoms with E-state index >= 15 is 0 Å². The van der Waals surface area contributed by atoms with Gasteiger partial charge in [0, 0.05) is 24.3 Å². The lowest BCUT2D eigenvalue weighted by Gasteiger charge is -2.24. The van der Waals surface area contributed by atoms with Crippen molar-refractivity contribution in [3.05, 3.63) is 34.9 Å². The molecule has 0 aromatic carbocycles. The van der Waals surface area contributed by atoms with E-state index in [1.54, 1.807) is 12.2 Å². The SMILES string of the molecule is C/C1=C/C(=O)CC2=C[C@@H](OC2=O)[C@@H](C(C)C)CC(=O)/C(C)=C\CC1. The summed E-state index contributed by atoms with van der Waals surface area (Å²) in [6, 6.07) is 0. The minimum atomic E-state index is -0.431. The lowest BCUT2D eigenvalue weighted by Crippen LogP contribution is -2.28. The van der Waals surface area contributed by atoms with Crippen molar-refractivity contribution in [2.75, 3.05) is 0 Å². The van der Waals surface area contributed by atoms with E-state index in [4.69, 9.17) is 4.74 Å². The lowest BCUT2D eigenvalue weighted by molar-refractivity contribution is -0.143. The molecule has 0 amide bonds. The van der Waals surface area contributed by atoms with Gasteiger partial charge in [0.05, 0.1) is 0 Å². The molecule has 1 aliphatic carbocycles. The van der Waals surface area contributed by atoms with Crippen molar-refractivity contribution in [1.29, 1.82) is 0 Å². The molecule has 0 saturated heterocycles. The Morgan fingerprint density at radius 2 is 1.88 bits per heavy atom. The second-order valence-electron chi connectivity index (χ2n) is 7.16. The van der Waals surface area contributed by atoms with Gasteiger partial charge < -0.3 is 4.74 Å². The second-order valence-corrected chi connectivity index (χ2v) is 7.16. The minimum Gasteiger partial charge on any atom is -0.454 e. The quantitative estimate of drug-likeness (QED) is 0.688. The van der Waals surface area contributed by atoms with E-state index in [2.05, 4.69) is 0 Å². The maximum Gasteiger partial charge on any atom is 0.334 e. The molecule has 1 aliphatic heterocycles. The van der Waals surface area contributed by atoms with Crippen molar-refractivity contribution < 1.29 is 19.1 Å². The molecule has 0 saturated carbocycles. The smallest absolute Gasteiger partial charge is 0.334 e. The summed E-state index contributed by atoms with van der Waals surface area (Å²) < 4.78 is 5.46. The van der Waals surface area contributed by atoms with E-state index in [1.807, 2.05) is 33.8 Å². The van der Waals surface area contributed by atoms with Gasteiger partial charge in [-0.2, -0.15) is 0 Å². The van der Waals surface area contributed by atoms with Gasteiger partial charge in [0.25, 0.3) is 0 Å². The van der Waals surface area contributed by atoms with E-state index in [1.165, 1.54) is 0 Å². The third-order valence-corrected chi connectivity index (χ3v) is 4.77. The lowest BCUT2D eigenvalue weighted by atomic mass is 9.84. The van der Waals surface area contributed by atoms with Crippen LogP contribution in [0.5, 0.6) is 0 Å². The number of ether oxygens (including phenoxy) is 1. The van der Waals surface area contributed by atoms with Gasteiger partial charge in [0.1, 0.15) is 6.10 Å². The number of hydrogen-bond acceptors (Lipinski definition) is 4. The highest BCUT2D eigenvalue weighted by atomic mass is 16.5. The number of fused-ring (bicyclic) bond motifs is 1. The molecule has 1 heterocycles. The molecular weight excluding hydrogens is 304 g/mol.